The van der Waals surface area contributed by atoms with Crippen LogP contribution in [0.3, 0.4) is 0 Å². The lowest BCUT2D eigenvalue weighted by Crippen LogP contribution is -2.57. The van der Waals surface area contributed by atoms with E-state index < -0.39 is 48.7 Å². The summed E-state index contributed by atoms with van der Waals surface area (Å²) in [6.45, 7) is 2.05. The molecule has 0 spiro atoms. The summed E-state index contributed by atoms with van der Waals surface area (Å²) >= 11 is 0. The molecule has 1 saturated carbocycles. The van der Waals surface area contributed by atoms with Crippen molar-refractivity contribution >= 4 is 18.0 Å². The van der Waals surface area contributed by atoms with Gasteiger partial charge in [0.1, 0.15) is 0 Å². The molecule has 0 saturated heterocycles. The first-order valence-corrected chi connectivity index (χ1v) is 9.71. The first kappa shape index (κ1) is 23.7. The first-order valence-electron chi connectivity index (χ1n) is 9.71. The van der Waals surface area contributed by atoms with E-state index in [1.807, 2.05) is 6.92 Å². The molecule has 2 atom stereocenters. The van der Waals surface area contributed by atoms with Crippen LogP contribution in [0, 0.1) is 0 Å². The van der Waals surface area contributed by atoms with Crippen molar-refractivity contribution in [3.63, 3.8) is 0 Å². The number of aliphatic hydroxyl groups excluding tert-OH is 2. The predicted molar refractivity (Wildman–Crippen MR) is 106 cm³/mol. The zero-order valence-electron chi connectivity index (χ0n) is 17.0. The number of phenolic OH excluding ortho intramolecular Hbond substituents is 1. The van der Waals surface area contributed by atoms with Gasteiger partial charge in [0, 0.05) is 18.9 Å². The Labute approximate surface area is 174 Å². The van der Waals surface area contributed by atoms with Crippen molar-refractivity contribution < 1.29 is 44.2 Å². The summed E-state index contributed by atoms with van der Waals surface area (Å²) in [5.41, 5.74) is -1.50. The van der Waals surface area contributed by atoms with Crippen LogP contribution < -0.4 is 4.74 Å². The topological polar surface area (TPSA) is 143 Å². The van der Waals surface area contributed by atoms with Gasteiger partial charge in [-0.3, -0.25) is 0 Å². The smallest absolute Gasteiger partial charge is 0.338 e. The minimum Gasteiger partial charge on any atom is -0.504 e. The second-order valence-electron chi connectivity index (χ2n) is 7.23. The molecule has 4 N–H and O–H groups in total. The third kappa shape index (κ3) is 5.94. The standard InChI is InChI=1S/C21H28O9/c1-3-4-9-29-20(26)21(27)11-15(23)19(16(24)12-21)30-18(25)8-6-13-5-7-14(22)17(10-13)28-2/h5-8,10,15-16,19,22-24,27H,3-4,9,11-12H2,1-2H3. The zero-order chi connectivity index (χ0) is 22.3. The Morgan fingerprint density at radius 1 is 1.23 bits per heavy atom. The number of carbonyl (C=O) groups excluding carboxylic acids is 2. The fourth-order valence-corrected chi connectivity index (χ4v) is 3.17. The van der Waals surface area contributed by atoms with Crippen LogP contribution in [0.1, 0.15) is 38.2 Å². The second-order valence-corrected chi connectivity index (χ2v) is 7.23. The lowest BCUT2D eigenvalue weighted by Gasteiger charge is -2.39. The summed E-state index contributed by atoms with van der Waals surface area (Å²) in [4.78, 5) is 24.2. The van der Waals surface area contributed by atoms with E-state index in [2.05, 4.69) is 0 Å². The highest BCUT2D eigenvalue weighted by molar-refractivity contribution is 5.87. The highest BCUT2D eigenvalue weighted by Crippen LogP contribution is 2.32. The van der Waals surface area contributed by atoms with Crippen molar-refractivity contribution in [1.82, 2.24) is 0 Å². The molecule has 1 fully saturated rings. The third-order valence-electron chi connectivity index (χ3n) is 4.83. The van der Waals surface area contributed by atoms with Gasteiger partial charge in [-0.25, -0.2) is 9.59 Å². The maximum absolute atomic E-state index is 12.1. The fraction of sp³-hybridized carbons (Fsp3) is 0.524. The van der Waals surface area contributed by atoms with E-state index in [4.69, 9.17) is 14.2 Å². The van der Waals surface area contributed by atoms with Gasteiger partial charge in [0.15, 0.2) is 23.2 Å². The number of carbonyl (C=O) groups is 2. The molecule has 2 rings (SSSR count). The van der Waals surface area contributed by atoms with Crippen LogP contribution in [0.5, 0.6) is 11.5 Å². The number of aliphatic hydroxyl groups is 3. The van der Waals surface area contributed by atoms with Gasteiger partial charge < -0.3 is 34.6 Å². The Bertz CT molecular complexity index is 762. The Morgan fingerprint density at radius 3 is 2.50 bits per heavy atom. The normalized spacial score (nSPS) is 26.4. The van der Waals surface area contributed by atoms with Crippen LogP contribution in [0.2, 0.25) is 0 Å². The number of ether oxygens (including phenoxy) is 3. The monoisotopic (exact) mass is 424 g/mol. The number of hydrogen-bond acceptors (Lipinski definition) is 9. The minimum atomic E-state index is -2.05. The van der Waals surface area contributed by atoms with Crippen molar-refractivity contribution in [3.8, 4) is 11.5 Å². The molecule has 0 heterocycles. The maximum atomic E-state index is 12.1. The molecular formula is C21H28O9. The molecule has 0 aromatic heterocycles. The van der Waals surface area contributed by atoms with Crippen LogP contribution in [0.15, 0.2) is 24.3 Å². The van der Waals surface area contributed by atoms with Crippen LogP contribution >= 0.6 is 0 Å². The first-order chi connectivity index (χ1) is 14.2. The summed E-state index contributed by atoms with van der Waals surface area (Å²) in [6, 6.07) is 4.46. The summed E-state index contributed by atoms with van der Waals surface area (Å²) in [5, 5.41) is 40.6. The number of hydrogen-bond donors (Lipinski definition) is 4. The van der Waals surface area contributed by atoms with E-state index >= 15 is 0 Å². The van der Waals surface area contributed by atoms with Crippen LogP contribution in [-0.4, -0.2) is 70.0 Å². The molecule has 9 nitrogen and oxygen atoms in total. The molecule has 0 radical (unpaired) electrons. The number of aromatic hydroxyl groups is 1. The number of rotatable bonds is 8. The SMILES string of the molecule is CCCCOC(=O)C1(O)CC(O)C(OC(=O)C=Cc2ccc(O)c(OC)c2)C(O)C1. The van der Waals surface area contributed by atoms with Gasteiger partial charge in [-0.1, -0.05) is 19.4 Å². The molecule has 1 aromatic carbocycles. The minimum absolute atomic E-state index is 0.0496. The quantitative estimate of drug-likeness (QED) is 0.272. The van der Waals surface area contributed by atoms with E-state index in [0.29, 0.717) is 12.0 Å². The molecule has 1 aliphatic rings. The Balaban J connectivity index is 1.97. The Kier molecular flexibility index (Phi) is 8.22. The van der Waals surface area contributed by atoms with E-state index in [1.165, 1.54) is 25.3 Å². The molecule has 9 heteroatoms. The molecule has 166 valence electrons. The Morgan fingerprint density at radius 2 is 1.90 bits per heavy atom. The lowest BCUT2D eigenvalue weighted by molar-refractivity contribution is -0.200. The molecule has 0 amide bonds. The van der Waals surface area contributed by atoms with Crippen LogP contribution in [0.4, 0.5) is 0 Å². The lowest BCUT2D eigenvalue weighted by atomic mass is 9.79. The average molecular weight is 424 g/mol. The number of phenols is 1. The fourth-order valence-electron chi connectivity index (χ4n) is 3.17. The summed E-state index contributed by atoms with van der Waals surface area (Å²) in [7, 11) is 1.39. The molecule has 0 bridgehead atoms. The van der Waals surface area contributed by atoms with Gasteiger partial charge in [-0.05, 0) is 30.2 Å². The third-order valence-corrected chi connectivity index (χ3v) is 4.83. The molecule has 30 heavy (non-hydrogen) atoms. The van der Waals surface area contributed by atoms with Crippen molar-refractivity contribution in [1.29, 1.82) is 0 Å². The number of esters is 2. The predicted octanol–water partition coefficient (Wildman–Crippen LogP) is 0.916. The molecule has 1 aromatic rings. The highest BCUT2D eigenvalue weighted by atomic mass is 16.6. The average Bonchev–Trinajstić information content (AvgIpc) is 2.70. The number of benzene rings is 1. The molecule has 2 unspecified atom stereocenters. The van der Waals surface area contributed by atoms with Crippen LogP contribution in [-0.2, 0) is 19.1 Å². The van der Waals surface area contributed by atoms with Crippen molar-refractivity contribution in [2.75, 3.05) is 13.7 Å². The van der Waals surface area contributed by atoms with E-state index in [9.17, 15) is 30.0 Å². The second kappa shape index (κ2) is 10.4. The van der Waals surface area contributed by atoms with E-state index in [0.717, 1.165) is 12.5 Å². The van der Waals surface area contributed by atoms with Gasteiger partial charge in [0.2, 0.25) is 0 Å². The molecule has 0 aliphatic heterocycles. The highest BCUT2D eigenvalue weighted by Gasteiger charge is 2.51. The molecular weight excluding hydrogens is 396 g/mol. The van der Waals surface area contributed by atoms with Crippen molar-refractivity contribution in [3.05, 3.63) is 29.8 Å². The van der Waals surface area contributed by atoms with Crippen molar-refractivity contribution in [2.24, 2.45) is 0 Å². The number of methoxy groups -OCH3 is 1. The van der Waals surface area contributed by atoms with E-state index in [1.54, 1.807) is 6.07 Å². The maximum Gasteiger partial charge on any atom is 0.338 e. The largest absolute Gasteiger partial charge is 0.504 e. The summed E-state index contributed by atoms with van der Waals surface area (Å²) in [6.07, 6.45) is -1.13. The van der Waals surface area contributed by atoms with Gasteiger partial charge in [0.05, 0.1) is 25.9 Å². The van der Waals surface area contributed by atoms with Crippen LogP contribution in [0.25, 0.3) is 6.08 Å². The number of unbranched alkanes of at least 4 members (excludes halogenated alkanes) is 1. The van der Waals surface area contributed by atoms with E-state index in [-0.39, 0.29) is 18.1 Å². The van der Waals surface area contributed by atoms with Gasteiger partial charge in [-0.15, -0.1) is 0 Å². The summed E-state index contributed by atoms with van der Waals surface area (Å²) in [5.74, 6) is -1.57. The van der Waals surface area contributed by atoms with Gasteiger partial charge in [-0.2, -0.15) is 0 Å². The van der Waals surface area contributed by atoms with Crippen molar-refractivity contribution in [2.45, 2.75) is 56.5 Å². The summed E-state index contributed by atoms with van der Waals surface area (Å²) < 4.78 is 15.1. The molecule has 1 aliphatic carbocycles. The van der Waals surface area contributed by atoms with Gasteiger partial charge >= 0.3 is 11.9 Å². The van der Waals surface area contributed by atoms with Gasteiger partial charge in [0.25, 0.3) is 0 Å². The Hall–Kier alpha value is -2.62. The zero-order valence-corrected chi connectivity index (χ0v) is 17.0.